The van der Waals surface area contributed by atoms with Gasteiger partial charge in [-0.05, 0) is 61.5 Å². The van der Waals surface area contributed by atoms with Crippen LogP contribution < -0.4 is 21.5 Å². The lowest BCUT2D eigenvalue weighted by Gasteiger charge is -2.16. The van der Waals surface area contributed by atoms with Gasteiger partial charge in [0.05, 0.1) is 15.6 Å². The third-order valence-corrected chi connectivity index (χ3v) is 4.29. The molecular weight excluding hydrogens is 394 g/mol. The van der Waals surface area contributed by atoms with Crippen LogP contribution in [0.4, 0.5) is 17.1 Å². The van der Waals surface area contributed by atoms with E-state index in [9.17, 15) is 10.1 Å². The summed E-state index contributed by atoms with van der Waals surface area (Å²) < 4.78 is 0. The quantitative estimate of drug-likeness (QED) is 0.343. The Hall–Kier alpha value is -2.49. The van der Waals surface area contributed by atoms with Crippen LogP contribution in [0.2, 0.25) is 5.02 Å². The maximum Gasteiger partial charge on any atom is 0.271 e. The largest absolute Gasteiger partial charge is 0.331 e. The number of benzene rings is 2. The molecular formula is C16H16ClN5O2S2. The highest BCUT2D eigenvalue weighted by atomic mass is 35.5. The smallest absolute Gasteiger partial charge is 0.271 e. The van der Waals surface area contributed by atoms with Gasteiger partial charge >= 0.3 is 0 Å². The Kier molecular flexibility index (Phi) is 6.67. The average Bonchev–Trinajstić information content (AvgIpc) is 2.59. The normalized spacial score (nSPS) is 9.96. The Balaban J connectivity index is 1.92. The van der Waals surface area contributed by atoms with Gasteiger partial charge in [0.25, 0.3) is 5.69 Å². The first-order valence-corrected chi connectivity index (χ1v) is 8.61. The maximum atomic E-state index is 10.8. The van der Waals surface area contributed by atoms with Crippen molar-refractivity contribution in [3.8, 4) is 0 Å². The van der Waals surface area contributed by atoms with Gasteiger partial charge in [-0.25, -0.2) is 0 Å². The summed E-state index contributed by atoms with van der Waals surface area (Å²) in [6.45, 7) is 4.00. The number of halogens is 1. The van der Waals surface area contributed by atoms with E-state index in [0.29, 0.717) is 15.8 Å². The lowest BCUT2D eigenvalue weighted by molar-refractivity contribution is -0.384. The van der Waals surface area contributed by atoms with Gasteiger partial charge in [0.15, 0.2) is 10.2 Å². The van der Waals surface area contributed by atoms with Crippen LogP contribution in [-0.4, -0.2) is 15.1 Å². The molecule has 0 saturated carbocycles. The Bertz CT molecular complexity index is 876. The van der Waals surface area contributed by atoms with Gasteiger partial charge in [0, 0.05) is 17.8 Å². The summed E-state index contributed by atoms with van der Waals surface area (Å²) in [6, 6.07) is 9.88. The van der Waals surface area contributed by atoms with E-state index >= 15 is 0 Å². The number of nitrogens with zero attached hydrogens (tertiary/aromatic N) is 1. The number of nitro groups is 1. The van der Waals surface area contributed by atoms with E-state index in [0.717, 1.165) is 16.8 Å². The lowest BCUT2D eigenvalue weighted by Crippen LogP contribution is -2.45. The van der Waals surface area contributed by atoms with Crippen molar-refractivity contribution in [2.75, 3.05) is 10.6 Å². The number of nitro benzene ring substituents is 1. The Morgan fingerprint density at radius 2 is 1.65 bits per heavy atom. The minimum Gasteiger partial charge on any atom is -0.331 e. The first-order chi connectivity index (χ1) is 12.3. The van der Waals surface area contributed by atoms with Gasteiger partial charge in [0.1, 0.15) is 0 Å². The number of hydrazine groups is 1. The molecule has 7 nitrogen and oxygen atoms in total. The van der Waals surface area contributed by atoms with Crippen LogP contribution >= 0.6 is 36.0 Å². The van der Waals surface area contributed by atoms with Crippen molar-refractivity contribution in [1.29, 1.82) is 0 Å². The van der Waals surface area contributed by atoms with Crippen molar-refractivity contribution in [1.82, 2.24) is 10.9 Å². The Labute approximate surface area is 166 Å². The van der Waals surface area contributed by atoms with E-state index in [4.69, 9.17) is 36.0 Å². The van der Waals surface area contributed by atoms with Crippen LogP contribution in [0.5, 0.6) is 0 Å². The molecule has 26 heavy (non-hydrogen) atoms. The van der Waals surface area contributed by atoms with E-state index < -0.39 is 4.92 Å². The topological polar surface area (TPSA) is 91.3 Å². The van der Waals surface area contributed by atoms with Crippen molar-refractivity contribution >= 4 is 63.3 Å². The minimum atomic E-state index is -0.514. The summed E-state index contributed by atoms with van der Waals surface area (Å²) in [5.41, 5.74) is 8.77. The van der Waals surface area contributed by atoms with Crippen molar-refractivity contribution < 1.29 is 4.92 Å². The van der Waals surface area contributed by atoms with Crippen LogP contribution in [0.1, 0.15) is 11.1 Å². The number of aryl methyl sites for hydroxylation is 1. The second-order valence-corrected chi connectivity index (χ2v) is 6.55. The molecule has 0 saturated heterocycles. The first kappa shape index (κ1) is 19.8. The van der Waals surface area contributed by atoms with E-state index in [-0.39, 0.29) is 10.8 Å². The fourth-order valence-corrected chi connectivity index (χ4v) is 2.52. The molecule has 0 unspecified atom stereocenters. The third kappa shape index (κ3) is 5.25. The van der Waals surface area contributed by atoms with Gasteiger partial charge in [-0.1, -0.05) is 23.7 Å². The molecule has 0 amide bonds. The van der Waals surface area contributed by atoms with Crippen LogP contribution in [0.3, 0.4) is 0 Å². The second kappa shape index (κ2) is 8.75. The molecule has 0 fully saturated rings. The zero-order valence-corrected chi connectivity index (χ0v) is 16.3. The van der Waals surface area contributed by atoms with Crippen LogP contribution in [0, 0.1) is 24.0 Å². The van der Waals surface area contributed by atoms with Gasteiger partial charge in [-0.2, -0.15) is 0 Å². The molecule has 2 aromatic carbocycles. The minimum absolute atomic E-state index is 0.0974. The van der Waals surface area contributed by atoms with E-state index in [1.54, 1.807) is 0 Å². The predicted molar refractivity (Wildman–Crippen MR) is 113 cm³/mol. The van der Waals surface area contributed by atoms with E-state index in [2.05, 4.69) is 21.5 Å². The molecule has 0 aliphatic rings. The Morgan fingerprint density at radius 3 is 2.27 bits per heavy atom. The van der Waals surface area contributed by atoms with E-state index in [1.807, 2.05) is 32.0 Å². The zero-order valence-electron chi connectivity index (χ0n) is 13.9. The van der Waals surface area contributed by atoms with Gasteiger partial charge in [0.2, 0.25) is 0 Å². The maximum absolute atomic E-state index is 10.8. The standard InChI is InChI=1S/C16H16ClN5O2S2/c1-9-4-3-5-13(10(9)2)18-15(25)20-21-16(26)19-14-8-11(22(23)24)6-7-12(14)17/h3-8H,1-2H3,(H2,18,20,25)(H2,19,21,26). The summed E-state index contributed by atoms with van der Waals surface area (Å²) in [5, 5.41) is 17.4. The number of thiocarbonyl (C=S) groups is 2. The molecule has 0 bridgehead atoms. The molecule has 0 spiro atoms. The first-order valence-electron chi connectivity index (χ1n) is 7.42. The van der Waals surface area contributed by atoms with Crippen molar-refractivity contribution in [3.05, 3.63) is 62.7 Å². The molecule has 0 radical (unpaired) electrons. The van der Waals surface area contributed by atoms with Gasteiger partial charge in [-0.15, -0.1) is 0 Å². The van der Waals surface area contributed by atoms with Crippen LogP contribution in [0.25, 0.3) is 0 Å². The number of rotatable bonds is 3. The number of nitrogens with one attached hydrogen (secondary N) is 4. The molecule has 0 heterocycles. The highest BCUT2D eigenvalue weighted by Crippen LogP contribution is 2.26. The lowest BCUT2D eigenvalue weighted by atomic mass is 10.1. The summed E-state index contributed by atoms with van der Waals surface area (Å²) in [7, 11) is 0. The summed E-state index contributed by atoms with van der Waals surface area (Å²) in [6.07, 6.45) is 0. The molecule has 2 aromatic rings. The van der Waals surface area contributed by atoms with Crippen molar-refractivity contribution in [2.24, 2.45) is 0 Å². The second-order valence-electron chi connectivity index (χ2n) is 5.33. The fourth-order valence-electron chi connectivity index (χ4n) is 2.03. The van der Waals surface area contributed by atoms with Crippen molar-refractivity contribution in [3.63, 3.8) is 0 Å². The number of hydrogen-bond acceptors (Lipinski definition) is 4. The molecule has 4 N–H and O–H groups in total. The highest BCUT2D eigenvalue weighted by Gasteiger charge is 2.11. The fraction of sp³-hybridized carbons (Fsp3) is 0.125. The molecule has 136 valence electrons. The molecule has 0 aliphatic carbocycles. The Morgan fingerprint density at radius 1 is 1.04 bits per heavy atom. The van der Waals surface area contributed by atoms with E-state index in [1.165, 1.54) is 18.2 Å². The molecule has 0 aliphatic heterocycles. The number of hydrogen-bond donors (Lipinski definition) is 4. The summed E-state index contributed by atoms with van der Waals surface area (Å²) in [5.74, 6) is 0. The highest BCUT2D eigenvalue weighted by molar-refractivity contribution is 7.81. The van der Waals surface area contributed by atoms with Gasteiger partial charge < -0.3 is 10.6 Å². The molecule has 10 heteroatoms. The third-order valence-electron chi connectivity index (χ3n) is 3.55. The molecule has 0 aromatic heterocycles. The van der Waals surface area contributed by atoms with Crippen molar-refractivity contribution in [2.45, 2.75) is 13.8 Å². The van der Waals surface area contributed by atoms with Gasteiger partial charge in [-0.3, -0.25) is 21.0 Å². The monoisotopic (exact) mass is 409 g/mol. The zero-order chi connectivity index (χ0) is 19.3. The molecule has 2 rings (SSSR count). The summed E-state index contributed by atoms with van der Waals surface area (Å²) in [4.78, 5) is 10.3. The number of non-ortho nitro benzene ring substituents is 1. The summed E-state index contributed by atoms with van der Waals surface area (Å²) >= 11 is 16.4. The predicted octanol–water partition coefficient (Wildman–Crippen LogP) is 4.05. The SMILES string of the molecule is Cc1cccc(NC(=S)NNC(=S)Nc2cc([N+](=O)[O-])ccc2Cl)c1C. The number of anilines is 2. The van der Waals surface area contributed by atoms with Crippen LogP contribution in [-0.2, 0) is 0 Å². The molecule has 0 atom stereocenters. The van der Waals surface area contributed by atoms with Crippen LogP contribution in [0.15, 0.2) is 36.4 Å². The average molecular weight is 410 g/mol.